The molecular formula is C12H19N3O. The van der Waals surface area contributed by atoms with E-state index < -0.39 is 0 Å². The number of aromatic nitrogens is 2. The Morgan fingerprint density at radius 1 is 1.44 bits per heavy atom. The molecule has 16 heavy (non-hydrogen) atoms. The molecule has 1 atom stereocenters. The van der Waals surface area contributed by atoms with Gasteiger partial charge in [0, 0.05) is 23.9 Å². The predicted octanol–water partition coefficient (Wildman–Crippen LogP) is 1.14. The summed E-state index contributed by atoms with van der Waals surface area (Å²) in [5.41, 5.74) is 0.779. The molecule has 0 aromatic carbocycles. The van der Waals surface area contributed by atoms with E-state index in [0.717, 1.165) is 31.0 Å². The first-order valence-corrected chi connectivity index (χ1v) is 5.79. The van der Waals surface area contributed by atoms with E-state index in [4.69, 9.17) is 0 Å². The molecule has 1 aromatic heterocycles. The normalized spacial score (nSPS) is 21.3. The number of nitrogens with zero attached hydrogens (tertiary/aromatic N) is 1. The van der Waals surface area contributed by atoms with Gasteiger partial charge >= 0.3 is 0 Å². The molecule has 1 fully saturated rings. The van der Waals surface area contributed by atoms with Gasteiger partial charge in [0.25, 0.3) is 5.56 Å². The zero-order valence-corrected chi connectivity index (χ0v) is 10.1. The van der Waals surface area contributed by atoms with Crippen molar-refractivity contribution in [2.75, 3.05) is 13.1 Å². The summed E-state index contributed by atoms with van der Waals surface area (Å²) in [6.07, 6.45) is 1.07. The van der Waals surface area contributed by atoms with Crippen LogP contribution in [0.3, 0.4) is 0 Å². The Balaban J connectivity index is 2.39. The Labute approximate surface area is 95.5 Å². The van der Waals surface area contributed by atoms with Gasteiger partial charge in [-0.15, -0.1) is 0 Å². The van der Waals surface area contributed by atoms with Gasteiger partial charge in [0.15, 0.2) is 0 Å². The fraction of sp³-hybridized carbons (Fsp3) is 0.667. The maximum Gasteiger partial charge on any atom is 0.251 e. The van der Waals surface area contributed by atoms with Crippen molar-refractivity contribution in [2.24, 2.45) is 0 Å². The van der Waals surface area contributed by atoms with Crippen molar-refractivity contribution in [1.82, 2.24) is 15.3 Å². The topological polar surface area (TPSA) is 57.8 Å². The van der Waals surface area contributed by atoms with Crippen molar-refractivity contribution in [3.05, 3.63) is 27.9 Å². The third-order valence-electron chi connectivity index (χ3n) is 2.95. The third kappa shape index (κ3) is 2.32. The van der Waals surface area contributed by atoms with Crippen LogP contribution in [0.4, 0.5) is 0 Å². The summed E-state index contributed by atoms with van der Waals surface area (Å²) < 4.78 is 0. The van der Waals surface area contributed by atoms with Crippen molar-refractivity contribution in [3.8, 4) is 0 Å². The molecule has 2 N–H and O–H groups in total. The van der Waals surface area contributed by atoms with Crippen LogP contribution in [0.25, 0.3) is 0 Å². The quantitative estimate of drug-likeness (QED) is 0.747. The predicted molar refractivity (Wildman–Crippen MR) is 63.8 cm³/mol. The molecule has 0 radical (unpaired) electrons. The molecule has 88 valence electrons. The summed E-state index contributed by atoms with van der Waals surface area (Å²) in [5.74, 6) is 1.17. The zero-order chi connectivity index (χ0) is 11.8. The zero-order valence-electron chi connectivity index (χ0n) is 10.1. The van der Waals surface area contributed by atoms with Gasteiger partial charge in [-0.3, -0.25) is 4.79 Å². The molecular weight excluding hydrogens is 202 g/mol. The maximum atomic E-state index is 11.6. The van der Waals surface area contributed by atoms with Crippen LogP contribution in [0.1, 0.15) is 44.6 Å². The highest BCUT2D eigenvalue weighted by Gasteiger charge is 2.22. The van der Waals surface area contributed by atoms with Crippen LogP contribution in [0.2, 0.25) is 0 Å². The summed E-state index contributed by atoms with van der Waals surface area (Å²) in [5, 5.41) is 3.30. The second-order valence-corrected chi connectivity index (χ2v) is 5.46. The molecule has 1 unspecified atom stereocenters. The van der Waals surface area contributed by atoms with Gasteiger partial charge in [-0.1, -0.05) is 20.8 Å². The van der Waals surface area contributed by atoms with E-state index >= 15 is 0 Å². The Morgan fingerprint density at radius 2 is 2.19 bits per heavy atom. The number of H-pyrrole nitrogens is 1. The van der Waals surface area contributed by atoms with E-state index in [1.54, 1.807) is 6.07 Å². The van der Waals surface area contributed by atoms with E-state index in [-0.39, 0.29) is 11.0 Å². The molecule has 1 aliphatic rings. The largest absolute Gasteiger partial charge is 0.316 e. The number of aromatic amines is 1. The van der Waals surface area contributed by atoms with Crippen molar-refractivity contribution >= 4 is 0 Å². The molecule has 0 aliphatic carbocycles. The van der Waals surface area contributed by atoms with Crippen molar-refractivity contribution in [3.63, 3.8) is 0 Å². The fourth-order valence-corrected chi connectivity index (χ4v) is 1.95. The lowest BCUT2D eigenvalue weighted by Gasteiger charge is -2.18. The van der Waals surface area contributed by atoms with Gasteiger partial charge in [0.2, 0.25) is 0 Å². The lowest BCUT2D eigenvalue weighted by Crippen LogP contribution is -2.24. The summed E-state index contributed by atoms with van der Waals surface area (Å²) in [6, 6.07) is 1.63. The van der Waals surface area contributed by atoms with Gasteiger partial charge in [0.1, 0.15) is 5.82 Å². The first-order chi connectivity index (χ1) is 7.47. The van der Waals surface area contributed by atoms with Crippen molar-refractivity contribution < 1.29 is 0 Å². The minimum atomic E-state index is -0.110. The summed E-state index contributed by atoms with van der Waals surface area (Å²) >= 11 is 0. The Kier molecular flexibility index (Phi) is 2.84. The standard InChI is InChI=1S/C12H19N3O/c1-12(2,3)11-14-9(6-10(16)15-11)8-4-5-13-7-8/h6,8,13H,4-5,7H2,1-3H3,(H,14,15,16). The molecule has 4 heteroatoms. The number of hydrogen-bond donors (Lipinski definition) is 2. The van der Waals surface area contributed by atoms with E-state index in [1.807, 2.05) is 0 Å². The monoisotopic (exact) mass is 221 g/mol. The lowest BCUT2D eigenvalue weighted by molar-refractivity contribution is 0.534. The van der Waals surface area contributed by atoms with Crippen LogP contribution >= 0.6 is 0 Å². The van der Waals surface area contributed by atoms with Crippen molar-refractivity contribution in [1.29, 1.82) is 0 Å². The molecule has 1 aromatic rings. The van der Waals surface area contributed by atoms with Crippen molar-refractivity contribution in [2.45, 2.75) is 38.5 Å². The van der Waals surface area contributed by atoms with Crippen LogP contribution in [0.5, 0.6) is 0 Å². The first-order valence-electron chi connectivity index (χ1n) is 5.79. The molecule has 2 rings (SSSR count). The third-order valence-corrected chi connectivity index (χ3v) is 2.95. The van der Waals surface area contributed by atoms with Gasteiger partial charge in [0.05, 0.1) is 5.69 Å². The molecule has 1 saturated heterocycles. The Hall–Kier alpha value is -1.16. The van der Waals surface area contributed by atoms with E-state index in [0.29, 0.717) is 5.92 Å². The molecule has 0 amide bonds. The van der Waals surface area contributed by atoms with Crippen LogP contribution in [0, 0.1) is 0 Å². The summed E-state index contributed by atoms with van der Waals surface area (Å²) in [4.78, 5) is 19.0. The molecule has 0 saturated carbocycles. The second kappa shape index (κ2) is 4.01. The number of hydrogen-bond acceptors (Lipinski definition) is 3. The highest BCUT2D eigenvalue weighted by molar-refractivity contribution is 5.14. The van der Waals surface area contributed by atoms with Crippen LogP contribution < -0.4 is 10.9 Å². The molecule has 1 aliphatic heterocycles. The van der Waals surface area contributed by atoms with Crippen LogP contribution in [-0.2, 0) is 5.41 Å². The average Bonchev–Trinajstić information content (AvgIpc) is 2.68. The van der Waals surface area contributed by atoms with Gasteiger partial charge in [-0.05, 0) is 13.0 Å². The fourth-order valence-electron chi connectivity index (χ4n) is 1.95. The SMILES string of the molecule is CC(C)(C)c1nc(C2CCNC2)cc(=O)[nH]1. The second-order valence-electron chi connectivity index (χ2n) is 5.46. The lowest BCUT2D eigenvalue weighted by atomic mass is 9.95. The van der Waals surface area contributed by atoms with Gasteiger partial charge in [-0.25, -0.2) is 4.98 Å². The van der Waals surface area contributed by atoms with E-state index in [9.17, 15) is 4.79 Å². The van der Waals surface area contributed by atoms with Gasteiger partial charge < -0.3 is 10.3 Å². The van der Waals surface area contributed by atoms with E-state index in [1.165, 1.54) is 0 Å². The average molecular weight is 221 g/mol. The number of rotatable bonds is 1. The summed E-state index contributed by atoms with van der Waals surface area (Å²) in [6.45, 7) is 8.12. The van der Waals surface area contributed by atoms with E-state index in [2.05, 4.69) is 36.1 Å². The smallest absolute Gasteiger partial charge is 0.251 e. The molecule has 0 bridgehead atoms. The number of nitrogens with one attached hydrogen (secondary N) is 2. The Morgan fingerprint density at radius 3 is 2.75 bits per heavy atom. The Bertz CT molecular complexity index is 425. The van der Waals surface area contributed by atoms with Gasteiger partial charge in [-0.2, -0.15) is 0 Å². The minimum Gasteiger partial charge on any atom is -0.316 e. The van der Waals surface area contributed by atoms with Crippen LogP contribution in [-0.4, -0.2) is 23.1 Å². The molecule has 0 spiro atoms. The maximum absolute atomic E-state index is 11.6. The highest BCUT2D eigenvalue weighted by atomic mass is 16.1. The molecule has 4 nitrogen and oxygen atoms in total. The minimum absolute atomic E-state index is 0.0400. The van der Waals surface area contributed by atoms with Crippen LogP contribution in [0.15, 0.2) is 10.9 Å². The molecule has 2 heterocycles. The summed E-state index contributed by atoms with van der Waals surface area (Å²) in [7, 11) is 0. The first kappa shape index (κ1) is 11.3. The highest BCUT2D eigenvalue weighted by Crippen LogP contribution is 2.22.